The standard InChI is InChI=1S/C14H18N4O2S/c1-10-14(9-18(2)16-10)17-21(19,20)12-6-5-11-4-3-7-15-13(11)8-12/h5-6,8-9,15,17H,3-4,7H2,1-2H3. The van der Waals surface area contributed by atoms with Crippen LogP contribution in [-0.2, 0) is 23.5 Å². The maximum absolute atomic E-state index is 12.5. The van der Waals surface area contributed by atoms with Crippen LogP contribution in [-0.4, -0.2) is 24.7 Å². The number of benzene rings is 1. The first-order chi connectivity index (χ1) is 9.95. The normalized spacial score (nSPS) is 14.4. The Bertz CT molecular complexity index is 780. The molecule has 0 aliphatic carbocycles. The van der Waals surface area contributed by atoms with E-state index in [1.54, 1.807) is 37.0 Å². The zero-order valence-corrected chi connectivity index (χ0v) is 12.9. The van der Waals surface area contributed by atoms with Gasteiger partial charge in [0, 0.05) is 25.5 Å². The summed E-state index contributed by atoms with van der Waals surface area (Å²) in [4.78, 5) is 0.263. The van der Waals surface area contributed by atoms with Crippen molar-refractivity contribution in [2.45, 2.75) is 24.7 Å². The molecule has 6 nitrogen and oxygen atoms in total. The van der Waals surface area contributed by atoms with Gasteiger partial charge in [-0.25, -0.2) is 8.42 Å². The average molecular weight is 306 g/mol. The van der Waals surface area contributed by atoms with Crippen molar-refractivity contribution in [1.29, 1.82) is 0 Å². The summed E-state index contributed by atoms with van der Waals surface area (Å²) in [6, 6.07) is 5.23. The second kappa shape index (κ2) is 5.07. The molecule has 0 amide bonds. The molecule has 1 aromatic heterocycles. The Morgan fingerprint density at radius 2 is 2.19 bits per heavy atom. The molecule has 2 heterocycles. The lowest BCUT2D eigenvalue weighted by molar-refractivity contribution is 0.601. The summed E-state index contributed by atoms with van der Waals surface area (Å²) in [5.41, 5.74) is 3.23. The molecule has 0 atom stereocenters. The Balaban J connectivity index is 1.93. The Morgan fingerprint density at radius 3 is 2.90 bits per heavy atom. The van der Waals surface area contributed by atoms with Crippen molar-refractivity contribution in [1.82, 2.24) is 9.78 Å². The van der Waals surface area contributed by atoms with E-state index in [0.717, 1.165) is 30.6 Å². The predicted octanol–water partition coefficient (Wildman–Crippen LogP) is 1.89. The van der Waals surface area contributed by atoms with E-state index in [1.807, 2.05) is 6.07 Å². The smallest absolute Gasteiger partial charge is 0.262 e. The van der Waals surface area contributed by atoms with E-state index >= 15 is 0 Å². The van der Waals surface area contributed by atoms with Crippen LogP contribution in [0.3, 0.4) is 0 Å². The van der Waals surface area contributed by atoms with Gasteiger partial charge in [-0.15, -0.1) is 0 Å². The average Bonchev–Trinajstić information content (AvgIpc) is 2.75. The molecule has 0 saturated heterocycles. The van der Waals surface area contributed by atoms with Gasteiger partial charge in [0.15, 0.2) is 0 Å². The fraction of sp³-hybridized carbons (Fsp3) is 0.357. The molecule has 2 aromatic rings. The fourth-order valence-electron chi connectivity index (χ4n) is 2.51. The van der Waals surface area contributed by atoms with E-state index in [-0.39, 0.29) is 4.90 Å². The number of hydrogen-bond donors (Lipinski definition) is 2. The van der Waals surface area contributed by atoms with Crippen molar-refractivity contribution < 1.29 is 8.42 Å². The van der Waals surface area contributed by atoms with Crippen molar-refractivity contribution in [3.05, 3.63) is 35.7 Å². The summed E-state index contributed by atoms with van der Waals surface area (Å²) >= 11 is 0. The molecule has 0 spiro atoms. The summed E-state index contributed by atoms with van der Waals surface area (Å²) in [5.74, 6) is 0. The molecule has 0 unspecified atom stereocenters. The molecule has 0 radical (unpaired) electrons. The van der Waals surface area contributed by atoms with E-state index in [1.165, 1.54) is 0 Å². The lowest BCUT2D eigenvalue weighted by atomic mass is 10.0. The third kappa shape index (κ3) is 2.73. The van der Waals surface area contributed by atoms with Gasteiger partial charge in [0.05, 0.1) is 16.3 Å². The molecule has 7 heteroatoms. The van der Waals surface area contributed by atoms with Crippen LogP contribution in [0.2, 0.25) is 0 Å². The van der Waals surface area contributed by atoms with Crippen molar-refractivity contribution in [2.75, 3.05) is 16.6 Å². The van der Waals surface area contributed by atoms with Gasteiger partial charge in [-0.2, -0.15) is 5.10 Å². The van der Waals surface area contributed by atoms with Gasteiger partial charge in [0.1, 0.15) is 0 Å². The summed E-state index contributed by atoms with van der Waals surface area (Å²) < 4.78 is 29.1. The van der Waals surface area contributed by atoms with Crippen LogP contribution in [0.1, 0.15) is 17.7 Å². The van der Waals surface area contributed by atoms with Crippen molar-refractivity contribution in [3.63, 3.8) is 0 Å². The summed E-state index contributed by atoms with van der Waals surface area (Å²) in [7, 11) is -1.84. The third-order valence-corrected chi connectivity index (χ3v) is 4.95. The molecule has 0 fully saturated rings. The first-order valence-electron chi connectivity index (χ1n) is 6.85. The zero-order valence-electron chi connectivity index (χ0n) is 12.0. The van der Waals surface area contributed by atoms with Crippen LogP contribution in [0, 0.1) is 6.92 Å². The maximum Gasteiger partial charge on any atom is 0.262 e. The van der Waals surface area contributed by atoms with Gasteiger partial charge < -0.3 is 5.32 Å². The van der Waals surface area contributed by atoms with E-state index in [2.05, 4.69) is 15.1 Å². The van der Waals surface area contributed by atoms with Crippen molar-refractivity contribution in [3.8, 4) is 0 Å². The third-order valence-electron chi connectivity index (χ3n) is 3.59. The quantitative estimate of drug-likeness (QED) is 0.908. The number of rotatable bonds is 3. The SMILES string of the molecule is Cc1nn(C)cc1NS(=O)(=O)c1ccc2c(c1)NCCC2. The Labute approximate surface area is 124 Å². The Morgan fingerprint density at radius 1 is 1.38 bits per heavy atom. The molecule has 0 bridgehead atoms. The van der Waals surface area contributed by atoms with Gasteiger partial charge in [-0.3, -0.25) is 9.40 Å². The zero-order chi connectivity index (χ0) is 15.0. The van der Waals surface area contributed by atoms with Crippen LogP contribution in [0.4, 0.5) is 11.4 Å². The van der Waals surface area contributed by atoms with E-state index in [4.69, 9.17) is 0 Å². The van der Waals surface area contributed by atoms with Crippen LogP contribution < -0.4 is 10.0 Å². The number of nitrogens with zero attached hydrogens (tertiary/aromatic N) is 2. The van der Waals surface area contributed by atoms with E-state index < -0.39 is 10.0 Å². The molecular formula is C14H18N4O2S. The lowest BCUT2D eigenvalue weighted by Crippen LogP contribution is -2.16. The van der Waals surface area contributed by atoms with Gasteiger partial charge in [-0.1, -0.05) is 6.07 Å². The van der Waals surface area contributed by atoms with Crippen LogP contribution in [0.5, 0.6) is 0 Å². The Hall–Kier alpha value is -2.02. The number of anilines is 2. The molecular weight excluding hydrogens is 288 g/mol. The van der Waals surface area contributed by atoms with Gasteiger partial charge >= 0.3 is 0 Å². The van der Waals surface area contributed by atoms with Gasteiger partial charge in [0.25, 0.3) is 10.0 Å². The first-order valence-corrected chi connectivity index (χ1v) is 8.34. The van der Waals surface area contributed by atoms with Gasteiger partial charge in [0.2, 0.25) is 0 Å². The fourth-order valence-corrected chi connectivity index (χ4v) is 3.64. The van der Waals surface area contributed by atoms with Crippen LogP contribution >= 0.6 is 0 Å². The number of fused-ring (bicyclic) bond motifs is 1. The molecule has 1 aliphatic rings. The maximum atomic E-state index is 12.5. The van der Waals surface area contributed by atoms with E-state index in [0.29, 0.717) is 11.4 Å². The lowest BCUT2D eigenvalue weighted by Gasteiger charge is -2.18. The topological polar surface area (TPSA) is 76.0 Å². The molecule has 3 rings (SSSR count). The number of aryl methyl sites for hydroxylation is 3. The van der Waals surface area contributed by atoms with Gasteiger partial charge in [-0.05, 0) is 37.5 Å². The monoisotopic (exact) mass is 306 g/mol. The number of aromatic nitrogens is 2. The summed E-state index contributed by atoms with van der Waals surface area (Å²) in [6.07, 6.45) is 3.72. The van der Waals surface area contributed by atoms with Crippen molar-refractivity contribution >= 4 is 21.4 Å². The van der Waals surface area contributed by atoms with Crippen LogP contribution in [0.15, 0.2) is 29.3 Å². The molecule has 1 aliphatic heterocycles. The minimum absolute atomic E-state index is 0.263. The molecule has 112 valence electrons. The molecule has 21 heavy (non-hydrogen) atoms. The number of sulfonamides is 1. The molecule has 0 saturated carbocycles. The highest BCUT2D eigenvalue weighted by atomic mass is 32.2. The summed E-state index contributed by atoms with van der Waals surface area (Å²) in [6.45, 7) is 2.65. The predicted molar refractivity (Wildman–Crippen MR) is 82.0 cm³/mol. The largest absolute Gasteiger partial charge is 0.385 e. The molecule has 2 N–H and O–H groups in total. The van der Waals surface area contributed by atoms with E-state index in [9.17, 15) is 8.42 Å². The minimum atomic E-state index is -3.60. The molecule has 1 aromatic carbocycles. The highest BCUT2D eigenvalue weighted by Crippen LogP contribution is 2.26. The second-order valence-electron chi connectivity index (χ2n) is 5.26. The number of nitrogens with one attached hydrogen (secondary N) is 2. The Kier molecular flexibility index (Phi) is 3.36. The summed E-state index contributed by atoms with van der Waals surface area (Å²) in [5, 5.41) is 7.38. The van der Waals surface area contributed by atoms with Crippen molar-refractivity contribution in [2.24, 2.45) is 7.05 Å². The highest BCUT2D eigenvalue weighted by Gasteiger charge is 2.19. The second-order valence-corrected chi connectivity index (χ2v) is 6.94. The first kappa shape index (κ1) is 13.9. The van der Waals surface area contributed by atoms with Crippen LogP contribution in [0.25, 0.3) is 0 Å². The minimum Gasteiger partial charge on any atom is -0.385 e. The highest BCUT2D eigenvalue weighted by molar-refractivity contribution is 7.92. The number of hydrogen-bond acceptors (Lipinski definition) is 4.